The first-order valence-electron chi connectivity index (χ1n) is 8.89. The van der Waals surface area contributed by atoms with Gasteiger partial charge >= 0.3 is 5.97 Å². The van der Waals surface area contributed by atoms with Gasteiger partial charge in [0.05, 0.1) is 18.1 Å². The number of hydrogen-bond acceptors (Lipinski definition) is 8. The highest BCUT2D eigenvalue weighted by Crippen LogP contribution is 2.36. The molecule has 1 heterocycles. The summed E-state index contributed by atoms with van der Waals surface area (Å²) in [6.07, 6.45) is -1.42. The average Bonchev–Trinajstić information content (AvgIpc) is 2.86. The lowest BCUT2D eigenvalue weighted by molar-refractivity contribution is -0.145. The highest BCUT2D eigenvalue weighted by molar-refractivity contribution is 8.13. The van der Waals surface area contributed by atoms with E-state index in [2.05, 4.69) is 17.2 Å². The van der Waals surface area contributed by atoms with Crippen molar-refractivity contribution in [2.75, 3.05) is 12.4 Å². The maximum atomic E-state index is 13.0. The molecule has 9 nitrogen and oxygen atoms in total. The maximum absolute atomic E-state index is 13.0. The summed E-state index contributed by atoms with van der Waals surface area (Å²) < 4.78 is 4.91. The molecule has 4 N–H and O–H groups in total. The van der Waals surface area contributed by atoms with Gasteiger partial charge in [0, 0.05) is 12.7 Å². The molecule has 0 bridgehead atoms. The minimum absolute atomic E-state index is 0.0597. The second kappa shape index (κ2) is 10.0. The first-order chi connectivity index (χ1) is 13.0. The molecular weight excluding hydrogens is 388 g/mol. The monoisotopic (exact) mass is 416 g/mol. The lowest BCUT2D eigenvalue weighted by Crippen LogP contribution is -2.64. The number of rotatable bonds is 9. The first-order valence-corrected chi connectivity index (χ1v) is 9.87. The van der Waals surface area contributed by atoms with E-state index in [-0.39, 0.29) is 12.4 Å². The summed E-state index contributed by atoms with van der Waals surface area (Å²) in [6.45, 7) is 9.34. The number of amides is 2. The van der Waals surface area contributed by atoms with Crippen LogP contribution in [0, 0.1) is 11.8 Å². The third kappa shape index (κ3) is 5.12. The molecular formula is C18H28N2O7S. The fourth-order valence-electron chi connectivity index (χ4n) is 2.93. The highest BCUT2D eigenvalue weighted by atomic mass is 32.2. The summed E-state index contributed by atoms with van der Waals surface area (Å²) >= 11 is 0.623. The Labute approximate surface area is 168 Å². The topological polar surface area (TPSA) is 142 Å². The van der Waals surface area contributed by atoms with E-state index in [1.165, 1.54) is 19.9 Å². The van der Waals surface area contributed by atoms with Gasteiger partial charge < -0.3 is 25.6 Å². The van der Waals surface area contributed by atoms with Crippen LogP contribution >= 0.6 is 11.8 Å². The van der Waals surface area contributed by atoms with Crippen molar-refractivity contribution >= 4 is 34.7 Å². The second-order valence-corrected chi connectivity index (χ2v) is 8.04. The van der Waals surface area contributed by atoms with Gasteiger partial charge in [0.25, 0.3) is 0 Å². The normalized spacial score (nSPS) is 26.3. The number of carbonyl (C=O) groups excluding carboxylic acids is 4. The van der Waals surface area contributed by atoms with E-state index in [1.54, 1.807) is 13.8 Å². The van der Waals surface area contributed by atoms with Gasteiger partial charge in [-0.1, -0.05) is 45.2 Å². The molecule has 0 aromatic carbocycles. The van der Waals surface area contributed by atoms with Gasteiger partial charge in [-0.2, -0.15) is 0 Å². The lowest BCUT2D eigenvalue weighted by Gasteiger charge is -2.37. The average molecular weight is 416 g/mol. The number of nitrogens with one attached hydrogen (secondary N) is 2. The second-order valence-electron chi connectivity index (χ2n) is 7.05. The van der Waals surface area contributed by atoms with Gasteiger partial charge in [-0.3, -0.25) is 14.4 Å². The predicted molar refractivity (Wildman–Crippen MR) is 103 cm³/mol. The Morgan fingerprint density at radius 2 is 2.04 bits per heavy atom. The largest absolute Gasteiger partial charge is 0.460 e. The number of ether oxygens (including phenoxy) is 1. The molecule has 2 amide bonds. The van der Waals surface area contributed by atoms with E-state index in [9.17, 15) is 29.4 Å². The van der Waals surface area contributed by atoms with Crippen LogP contribution in [0.25, 0.3) is 0 Å². The van der Waals surface area contributed by atoms with Crippen LogP contribution in [-0.4, -0.2) is 69.3 Å². The zero-order valence-corrected chi connectivity index (χ0v) is 17.2. The van der Waals surface area contributed by atoms with Crippen molar-refractivity contribution in [1.82, 2.24) is 10.6 Å². The third-order valence-corrected chi connectivity index (χ3v) is 5.61. The molecule has 0 spiro atoms. The van der Waals surface area contributed by atoms with Crippen LogP contribution < -0.4 is 10.6 Å². The van der Waals surface area contributed by atoms with E-state index < -0.39 is 58.5 Å². The van der Waals surface area contributed by atoms with Gasteiger partial charge in [-0.05, 0) is 5.92 Å². The lowest BCUT2D eigenvalue weighted by atomic mass is 9.81. The van der Waals surface area contributed by atoms with Gasteiger partial charge in [0.15, 0.2) is 5.54 Å². The molecule has 0 aliphatic carbocycles. The van der Waals surface area contributed by atoms with Crippen molar-refractivity contribution in [3.63, 3.8) is 0 Å². The number of esters is 1. The van der Waals surface area contributed by atoms with E-state index in [0.717, 1.165) is 0 Å². The molecule has 1 unspecified atom stereocenters. The summed E-state index contributed by atoms with van der Waals surface area (Å²) in [7, 11) is 0. The molecule has 1 saturated heterocycles. The predicted octanol–water partition coefficient (Wildman–Crippen LogP) is -0.637. The molecule has 0 saturated carbocycles. The molecule has 0 radical (unpaired) electrons. The number of aliphatic hydroxyl groups is 2. The van der Waals surface area contributed by atoms with E-state index >= 15 is 0 Å². The Bertz CT molecular complexity index is 639. The number of aliphatic hydroxyl groups excluding tert-OH is 2. The molecule has 0 aromatic rings. The number of carbonyl (C=O) groups is 4. The van der Waals surface area contributed by atoms with Gasteiger partial charge in [-0.25, -0.2) is 4.79 Å². The van der Waals surface area contributed by atoms with Crippen LogP contribution in [0.15, 0.2) is 12.7 Å². The zero-order chi connectivity index (χ0) is 21.6. The van der Waals surface area contributed by atoms with E-state index in [1.807, 2.05) is 0 Å². The summed E-state index contributed by atoms with van der Waals surface area (Å²) in [5, 5.41) is 25.3. The highest BCUT2D eigenvalue weighted by Gasteiger charge is 2.60. The molecule has 1 fully saturated rings. The van der Waals surface area contributed by atoms with Crippen LogP contribution in [0.2, 0.25) is 0 Å². The minimum atomic E-state index is -1.90. The number of thioether (sulfide) groups is 1. The van der Waals surface area contributed by atoms with Crippen molar-refractivity contribution in [1.29, 1.82) is 0 Å². The number of hydrogen-bond donors (Lipinski definition) is 4. The fourth-order valence-corrected chi connectivity index (χ4v) is 4.00. The molecule has 10 heteroatoms. The molecule has 0 aromatic heterocycles. The zero-order valence-electron chi connectivity index (χ0n) is 16.4. The van der Waals surface area contributed by atoms with Crippen LogP contribution in [0.1, 0.15) is 27.7 Å². The molecule has 5 atom stereocenters. The Kier molecular flexibility index (Phi) is 8.65. The van der Waals surface area contributed by atoms with Gasteiger partial charge in [0.1, 0.15) is 12.6 Å². The third-order valence-electron chi connectivity index (χ3n) is 4.51. The Morgan fingerprint density at radius 1 is 1.43 bits per heavy atom. The van der Waals surface area contributed by atoms with Crippen LogP contribution in [0.5, 0.6) is 0 Å². The standard InChI is InChI=1S/C18H28N2O7S/c1-6-7-27-16(25)12(19-11(5)21)8-28-17(26)18(13(22)9(2)3)14(23)10(4)15(24)20-18/h6,9-10,12-14,22-23H,1,7-8H2,2-5H3,(H,19,21)(H,20,24)/t10-,12+,13-,14+,18?/m1/s1. The van der Waals surface area contributed by atoms with Crippen molar-refractivity contribution in [2.45, 2.75) is 51.5 Å². The van der Waals surface area contributed by atoms with Crippen LogP contribution in [0.3, 0.4) is 0 Å². The molecule has 28 heavy (non-hydrogen) atoms. The molecule has 1 rings (SSSR count). The minimum Gasteiger partial charge on any atom is -0.460 e. The summed E-state index contributed by atoms with van der Waals surface area (Å²) in [5.74, 6) is -3.32. The van der Waals surface area contributed by atoms with Crippen molar-refractivity contribution in [3.05, 3.63) is 12.7 Å². The molecule has 158 valence electrons. The van der Waals surface area contributed by atoms with Gasteiger partial charge in [0.2, 0.25) is 16.9 Å². The van der Waals surface area contributed by atoms with E-state index in [4.69, 9.17) is 4.74 Å². The first kappa shape index (κ1) is 24.1. The SMILES string of the molecule is C=CCOC(=O)[C@H](CSC(=O)C1([C@H](O)C(C)C)NC(=O)[C@H](C)[C@@H]1O)NC(C)=O. The summed E-state index contributed by atoms with van der Waals surface area (Å²) in [4.78, 5) is 48.5. The molecule has 1 aliphatic rings. The fraction of sp³-hybridized carbons (Fsp3) is 0.667. The Morgan fingerprint density at radius 3 is 2.46 bits per heavy atom. The van der Waals surface area contributed by atoms with Crippen molar-refractivity contribution < 1.29 is 34.1 Å². The van der Waals surface area contributed by atoms with Crippen molar-refractivity contribution in [2.24, 2.45) is 11.8 Å². The maximum Gasteiger partial charge on any atom is 0.329 e. The van der Waals surface area contributed by atoms with Crippen LogP contribution in [-0.2, 0) is 23.9 Å². The summed E-state index contributed by atoms with van der Waals surface area (Å²) in [5.41, 5.74) is -1.90. The van der Waals surface area contributed by atoms with Crippen molar-refractivity contribution in [3.8, 4) is 0 Å². The van der Waals surface area contributed by atoms with Gasteiger partial charge in [-0.15, -0.1) is 0 Å². The van der Waals surface area contributed by atoms with Crippen LogP contribution in [0.4, 0.5) is 0 Å². The Balaban J connectivity index is 3.03. The smallest absolute Gasteiger partial charge is 0.329 e. The molecule has 1 aliphatic heterocycles. The summed E-state index contributed by atoms with van der Waals surface area (Å²) in [6, 6.07) is -1.12. The quantitative estimate of drug-likeness (QED) is 0.287. The Hall–Kier alpha value is -1.91. The van der Waals surface area contributed by atoms with E-state index in [0.29, 0.717) is 11.8 Å².